The molecule has 0 amide bonds. The lowest BCUT2D eigenvalue weighted by Gasteiger charge is -2.22. The molecule has 2 atom stereocenters. The third kappa shape index (κ3) is 2.84. The first-order valence-corrected chi connectivity index (χ1v) is 6.06. The molecule has 0 aliphatic rings. The van der Waals surface area contributed by atoms with Gasteiger partial charge in [0.05, 0.1) is 6.10 Å². The van der Waals surface area contributed by atoms with Gasteiger partial charge in [-0.25, -0.2) is 0 Å². The van der Waals surface area contributed by atoms with Crippen LogP contribution >= 0.6 is 0 Å². The molecule has 2 rings (SSSR count). The molecular formula is C16H17NO. The lowest BCUT2D eigenvalue weighted by atomic mass is 9.87. The molecule has 0 radical (unpaired) electrons. The van der Waals surface area contributed by atoms with E-state index in [0.29, 0.717) is 0 Å². The Morgan fingerprint density at radius 3 is 2.44 bits per heavy atom. The molecular weight excluding hydrogens is 222 g/mol. The van der Waals surface area contributed by atoms with Crippen molar-refractivity contribution >= 4 is 0 Å². The van der Waals surface area contributed by atoms with Crippen LogP contribution in [-0.2, 0) is 0 Å². The maximum atomic E-state index is 10.5. The van der Waals surface area contributed by atoms with E-state index in [1.54, 1.807) is 12.4 Å². The van der Waals surface area contributed by atoms with Crippen LogP contribution in [0.3, 0.4) is 0 Å². The van der Waals surface area contributed by atoms with Crippen LogP contribution in [0.1, 0.15) is 29.6 Å². The number of nitrogens with zero attached hydrogens (tertiary/aromatic N) is 1. The fraction of sp³-hybridized carbons (Fsp3) is 0.188. The van der Waals surface area contributed by atoms with Gasteiger partial charge in [-0.15, -0.1) is 6.58 Å². The summed E-state index contributed by atoms with van der Waals surface area (Å²) in [7, 11) is 0. The van der Waals surface area contributed by atoms with Crippen molar-refractivity contribution in [3.8, 4) is 0 Å². The monoisotopic (exact) mass is 239 g/mol. The Morgan fingerprint density at radius 1 is 1.11 bits per heavy atom. The Bertz CT molecular complexity index is 481. The van der Waals surface area contributed by atoms with Gasteiger partial charge in [0.1, 0.15) is 0 Å². The van der Waals surface area contributed by atoms with Crippen LogP contribution in [0.25, 0.3) is 0 Å². The minimum absolute atomic E-state index is 0.0212. The largest absolute Gasteiger partial charge is 0.388 e. The Balaban J connectivity index is 2.28. The molecule has 1 aromatic carbocycles. The molecule has 2 aromatic rings. The third-order valence-corrected chi connectivity index (χ3v) is 3.06. The van der Waals surface area contributed by atoms with Crippen molar-refractivity contribution < 1.29 is 5.11 Å². The van der Waals surface area contributed by atoms with Crippen LogP contribution in [-0.4, -0.2) is 10.1 Å². The van der Waals surface area contributed by atoms with Gasteiger partial charge in [-0.3, -0.25) is 4.98 Å². The molecule has 1 aromatic heterocycles. The summed E-state index contributed by atoms with van der Waals surface area (Å²) in [5.74, 6) is 0.0212. The van der Waals surface area contributed by atoms with E-state index in [1.807, 2.05) is 48.5 Å². The zero-order chi connectivity index (χ0) is 12.8. The summed E-state index contributed by atoms with van der Waals surface area (Å²) in [6.07, 6.45) is 5.45. The summed E-state index contributed by atoms with van der Waals surface area (Å²) >= 11 is 0. The quantitative estimate of drug-likeness (QED) is 0.810. The van der Waals surface area contributed by atoms with Crippen molar-refractivity contribution in [3.05, 3.63) is 78.6 Å². The van der Waals surface area contributed by atoms with Crippen LogP contribution in [0.5, 0.6) is 0 Å². The van der Waals surface area contributed by atoms with Gasteiger partial charge in [0.2, 0.25) is 0 Å². The normalized spacial score (nSPS) is 13.8. The van der Waals surface area contributed by atoms with E-state index in [0.717, 1.165) is 17.5 Å². The predicted octanol–water partition coefficient (Wildman–Crippen LogP) is 3.47. The van der Waals surface area contributed by atoms with Gasteiger partial charge in [-0.2, -0.15) is 0 Å². The maximum Gasteiger partial charge on any atom is 0.0876 e. The van der Waals surface area contributed by atoms with Crippen molar-refractivity contribution in [2.75, 3.05) is 0 Å². The highest BCUT2D eigenvalue weighted by Crippen LogP contribution is 2.33. The summed E-state index contributed by atoms with van der Waals surface area (Å²) in [5, 5.41) is 10.5. The topological polar surface area (TPSA) is 33.1 Å². The molecule has 0 aliphatic carbocycles. The standard InChI is InChI=1S/C16H17NO/c1-2-7-15(13-8-4-3-5-9-13)16(18)14-10-6-11-17-12-14/h2-6,8-12,15-16,18H,1,7H2/t15-,16+/m0/s1. The molecule has 2 heteroatoms. The van der Waals surface area contributed by atoms with E-state index in [1.165, 1.54) is 0 Å². The number of aliphatic hydroxyl groups excluding tert-OH is 1. The zero-order valence-electron chi connectivity index (χ0n) is 10.2. The minimum atomic E-state index is -0.556. The molecule has 2 nitrogen and oxygen atoms in total. The number of aliphatic hydroxyl groups is 1. The fourth-order valence-corrected chi connectivity index (χ4v) is 2.11. The zero-order valence-corrected chi connectivity index (χ0v) is 10.2. The van der Waals surface area contributed by atoms with E-state index in [2.05, 4.69) is 11.6 Å². The third-order valence-electron chi connectivity index (χ3n) is 3.06. The number of hydrogen-bond donors (Lipinski definition) is 1. The second-order valence-corrected chi connectivity index (χ2v) is 4.27. The van der Waals surface area contributed by atoms with Gasteiger partial charge in [0.15, 0.2) is 0 Å². The van der Waals surface area contributed by atoms with Gasteiger partial charge in [0, 0.05) is 18.3 Å². The lowest BCUT2D eigenvalue weighted by Crippen LogP contribution is -2.10. The fourth-order valence-electron chi connectivity index (χ4n) is 2.11. The van der Waals surface area contributed by atoms with E-state index >= 15 is 0 Å². The molecule has 0 saturated heterocycles. The first-order valence-electron chi connectivity index (χ1n) is 6.06. The van der Waals surface area contributed by atoms with Crippen LogP contribution < -0.4 is 0 Å². The van der Waals surface area contributed by atoms with Gasteiger partial charge in [-0.1, -0.05) is 42.5 Å². The van der Waals surface area contributed by atoms with Crippen LogP contribution in [0.2, 0.25) is 0 Å². The first-order chi connectivity index (χ1) is 8.83. The number of rotatable bonds is 5. The Hall–Kier alpha value is -1.93. The minimum Gasteiger partial charge on any atom is -0.388 e. The van der Waals surface area contributed by atoms with Crippen LogP contribution in [0.4, 0.5) is 0 Å². The highest BCUT2D eigenvalue weighted by molar-refractivity contribution is 5.25. The van der Waals surface area contributed by atoms with Crippen LogP contribution in [0, 0.1) is 0 Å². The molecule has 0 bridgehead atoms. The molecule has 0 fully saturated rings. The number of pyridine rings is 1. The van der Waals surface area contributed by atoms with Gasteiger partial charge >= 0.3 is 0 Å². The van der Waals surface area contributed by atoms with Crippen molar-refractivity contribution in [2.24, 2.45) is 0 Å². The van der Waals surface area contributed by atoms with Gasteiger partial charge in [-0.05, 0) is 23.6 Å². The number of hydrogen-bond acceptors (Lipinski definition) is 2. The molecule has 0 saturated carbocycles. The average Bonchev–Trinajstić information content (AvgIpc) is 2.46. The summed E-state index contributed by atoms with van der Waals surface area (Å²) in [6.45, 7) is 3.78. The highest BCUT2D eigenvalue weighted by atomic mass is 16.3. The second kappa shape index (κ2) is 6.12. The average molecular weight is 239 g/mol. The number of allylic oxidation sites excluding steroid dienone is 1. The van der Waals surface area contributed by atoms with E-state index in [9.17, 15) is 5.11 Å². The SMILES string of the molecule is C=CC[C@@H](c1ccccc1)[C@H](O)c1cccnc1. The lowest BCUT2D eigenvalue weighted by molar-refractivity contribution is 0.145. The smallest absolute Gasteiger partial charge is 0.0876 e. The van der Waals surface area contributed by atoms with Crippen LogP contribution in [0.15, 0.2) is 67.5 Å². The van der Waals surface area contributed by atoms with E-state index in [-0.39, 0.29) is 5.92 Å². The van der Waals surface area contributed by atoms with Crippen molar-refractivity contribution in [1.29, 1.82) is 0 Å². The predicted molar refractivity (Wildman–Crippen MR) is 73.2 cm³/mol. The van der Waals surface area contributed by atoms with Crippen molar-refractivity contribution in [1.82, 2.24) is 4.98 Å². The van der Waals surface area contributed by atoms with E-state index in [4.69, 9.17) is 0 Å². The molecule has 1 N–H and O–H groups in total. The summed E-state index contributed by atoms with van der Waals surface area (Å²) in [4.78, 5) is 4.06. The number of aromatic nitrogens is 1. The molecule has 18 heavy (non-hydrogen) atoms. The molecule has 0 spiro atoms. The molecule has 0 aliphatic heterocycles. The maximum absolute atomic E-state index is 10.5. The Labute approximate surface area is 108 Å². The Morgan fingerprint density at radius 2 is 1.83 bits per heavy atom. The molecule has 1 heterocycles. The second-order valence-electron chi connectivity index (χ2n) is 4.27. The number of benzene rings is 1. The molecule has 0 unspecified atom stereocenters. The van der Waals surface area contributed by atoms with E-state index < -0.39 is 6.10 Å². The summed E-state index contributed by atoms with van der Waals surface area (Å²) < 4.78 is 0. The van der Waals surface area contributed by atoms with Crippen molar-refractivity contribution in [3.63, 3.8) is 0 Å². The molecule has 92 valence electrons. The Kier molecular flexibility index (Phi) is 4.26. The first kappa shape index (κ1) is 12.5. The van der Waals surface area contributed by atoms with Gasteiger partial charge < -0.3 is 5.11 Å². The van der Waals surface area contributed by atoms with Crippen molar-refractivity contribution in [2.45, 2.75) is 18.4 Å². The summed E-state index contributed by atoms with van der Waals surface area (Å²) in [5.41, 5.74) is 1.96. The van der Waals surface area contributed by atoms with Gasteiger partial charge in [0.25, 0.3) is 0 Å². The highest BCUT2D eigenvalue weighted by Gasteiger charge is 2.21. The summed E-state index contributed by atoms with van der Waals surface area (Å²) in [6, 6.07) is 13.8.